The lowest BCUT2D eigenvalue weighted by molar-refractivity contribution is 1.24. The van der Waals surface area contributed by atoms with Crippen molar-refractivity contribution in [1.29, 1.82) is 0 Å². The topological polar surface area (TPSA) is 63.6 Å². The van der Waals surface area contributed by atoms with Gasteiger partial charge < -0.3 is 5.73 Å². The van der Waals surface area contributed by atoms with E-state index in [0.29, 0.717) is 10.1 Å². The van der Waals surface area contributed by atoms with E-state index >= 15 is 0 Å². The molecule has 104 valence electrons. The molecule has 0 spiro atoms. The van der Waals surface area contributed by atoms with E-state index in [-0.39, 0.29) is 0 Å². The van der Waals surface area contributed by atoms with Crippen molar-refractivity contribution in [3.05, 3.63) is 59.1 Å². The number of hydrogen-bond acceptors (Lipinski definition) is 5. The molecule has 3 aromatic rings. The van der Waals surface area contributed by atoms with Crippen molar-refractivity contribution < 1.29 is 0 Å². The first-order valence-corrected chi connectivity index (χ1v) is 7.82. The van der Waals surface area contributed by atoms with Crippen molar-refractivity contribution in [1.82, 2.24) is 4.98 Å². The molecule has 6 heteroatoms. The molecule has 0 atom stereocenters. The molecule has 2 aromatic carbocycles. The first-order valence-electron chi connectivity index (χ1n) is 6.21. The number of nitrogen functional groups attached to an aromatic ring is 1. The molecule has 0 aliphatic carbocycles. The third-order valence-electron chi connectivity index (χ3n) is 2.76. The van der Waals surface area contributed by atoms with Gasteiger partial charge in [-0.25, -0.2) is 4.98 Å². The number of aromatic nitrogens is 1. The average molecular weight is 359 g/mol. The molecule has 0 amide bonds. The number of nitrogens with zero attached hydrogens (tertiary/aromatic N) is 3. The second kappa shape index (κ2) is 6.15. The normalized spacial score (nSPS) is 11.1. The lowest BCUT2D eigenvalue weighted by atomic mass is 10.2. The minimum Gasteiger partial charge on any atom is -0.375 e. The summed E-state index contributed by atoms with van der Waals surface area (Å²) in [4.78, 5) is 4.35. The minimum atomic E-state index is 0.481. The summed E-state index contributed by atoms with van der Waals surface area (Å²) in [5.41, 5.74) is 8.33. The van der Waals surface area contributed by atoms with Crippen molar-refractivity contribution in [2.75, 3.05) is 5.73 Å². The summed E-state index contributed by atoms with van der Waals surface area (Å²) in [6.45, 7) is 0. The Morgan fingerprint density at radius 1 is 0.952 bits per heavy atom. The lowest BCUT2D eigenvalue weighted by Crippen LogP contribution is -1.82. The van der Waals surface area contributed by atoms with Crippen molar-refractivity contribution in [3.8, 4) is 11.3 Å². The number of hydrogen-bond donors (Lipinski definition) is 1. The Morgan fingerprint density at radius 2 is 1.67 bits per heavy atom. The largest absolute Gasteiger partial charge is 0.375 e. The highest BCUT2D eigenvalue weighted by molar-refractivity contribution is 9.10. The van der Waals surface area contributed by atoms with Gasteiger partial charge >= 0.3 is 0 Å². The SMILES string of the molecule is Nc1nc(-c2ccc(Br)cc2)c(N=Nc2ccccc2)s1. The highest BCUT2D eigenvalue weighted by atomic mass is 79.9. The Balaban J connectivity index is 1.96. The van der Waals surface area contributed by atoms with Crippen LogP contribution in [0, 0.1) is 0 Å². The summed E-state index contributed by atoms with van der Waals surface area (Å²) in [7, 11) is 0. The van der Waals surface area contributed by atoms with Crippen LogP contribution >= 0.6 is 27.3 Å². The molecule has 0 saturated carbocycles. The summed E-state index contributed by atoms with van der Waals surface area (Å²) < 4.78 is 1.02. The molecule has 21 heavy (non-hydrogen) atoms. The Kier molecular flexibility index (Phi) is 4.08. The van der Waals surface area contributed by atoms with Gasteiger partial charge in [-0.2, -0.15) is 0 Å². The first-order chi connectivity index (χ1) is 10.2. The molecule has 0 bridgehead atoms. The predicted molar refractivity (Wildman–Crippen MR) is 90.3 cm³/mol. The van der Waals surface area contributed by atoms with E-state index < -0.39 is 0 Å². The molecule has 0 radical (unpaired) electrons. The van der Waals surface area contributed by atoms with Gasteiger partial charge in [0, 0.05) is 10.0 Å². The van der Waals surface area contributed by atoms with Crippen molar-refractivity contribution in [2.45, 2.75) is 0 Å². The molecule has 1 heterocycles. The van der Waals surface area contributed by atoms with E-state index in [2.05, 4.69) is 31.1 Å². The zero-order valence-corrected chi connectivity index (χ0v) is 13.3. The zero-order chi connectivity index (χ0) is 14.7. The first kappa shape index (κ1) is 13.9. The maximum Gasteiger partial charge on any atom is 0.182 e. The molecule has 0 saturated heterocycles. The fraction of sp³-hybridized carbons (Fsp3) is 0. The van der Waals surface area contributed by atoms with Gasteiger partial charge in [-0.3, -0.25) is 0 Å². The van der Waals surface area contributed by atoms with Crippen LogP contribution in [0.15, 0.2) is 69.3 Å². The predicted octanol–water partition coefficient (Wildman–Crippen LogP) is 5.57. The second-order valence-electron chi connectivity index (χ2n) is 4.25. The molecule has 0 aliphatic rings. The molecule has 0 aliphatic heterocycles. The molecule has 0 fully saturated rings. The van der Waals surface area contributed by atoms with Crippen LogP contribution in [0.25, 0.3) is 11.3 Å². The van der Waals surface area contributed by atoms with Gasteiger partial charge in [-0.1, -0.05) is 57.6 Å². The Bertz CT molecular complexity index is 766. The smallest absolute Gasteiger partial charge is 0.182 e. The van der Waals surface area contributed by atoms with Crippen LogP contribution in [0.4, 0.5) is 15.8 Å². The second-order valence-corrected chi connectivity index (χ2v) is 6.17. The van der Waals surface area contributed by atoms with Crippen LogP contribution in [0.3, 0.4) is 0 Å². The molecule has 2 N–H and O–H groups in total. The monoisotopic (exact) mass is 358 g/mol. The summed E-state index contributed by atoms with van der Waals surface area (Å²) >= 11 is 4.75. The third kappa shape index (κ3) is 3.34. The van der Waals surface area contributed by atoms with Crippen LogP contribution in [-0.4, -0.2) is 4.98 Å². The molecule has 4 nitrogen and oxygen atoms in total. The number of rotatable bonds is 3. The fourth-order valence-electron chi connectivity index (χ4n) is 1.79. The Labute approximate surface area is 134 Å². The number of halogens is 1. The zero-order valence-electron chi connectivity index (χ0n) is 10.9. The number of anilines is 1. The molecular formula is C15H11BrN4S. The van der Waals surface area contributed by atoms with Crippen LogP contribution in [0.2, 0.25) is 0 Å². The van der Waals surface area contributed by atoms with E-state index in [1.165, 1.54) is 11.3 Å². The average Bonchev–Trinajstić information content (AvgIpc) is 2.88. The van der Waals surface area contributed by atoms with Gasteiger partial charge in [0.25, 0.3) is 0 Å². The number of azo groups is 1. The number of thiazole rings is 1. The molecule has 0 unspecified atom stereocenters. The van der Waals surface area contributed by atoms with E-state index in [0.717, 1.165) is 21.4 Å². The van der Waals surface area contributed by atoms with Gasteiger partial charge in [-0.05, 0) is 24.3 Å². The fourth-order valence-corrected chi connectivity index (χ4v) is 2.73. The summed E-state index contributed by atoms with van der Waals surface area (Å²) in [5.74, 6) is 0. The van der Waals surface area contributed by atoms with Gasteiger partial charge in [-0.15, -0.1) is 10.2 Å². The maximum atomic E-state index is 5.81. The number of nitrogens with two attached hydrogens (primary N) is 1. The number of benzene rings is 2. The van der Waals surface area contributed by atoms with Gasteiger partial charge in [0.05, 0.1) is 5.69 Å². The molecule has 1 aromatic heterocycles. The standard InChI is InChI=1S/C15H11BrN4S/c16-11-8-6-10(7-9-11)13-14(21-15(17)18-13)20-19-12-4-2-1-3-5-12/h1-9H,(H2,17,18). The van der Waals surface area contributed by atoms with E-state index in [9.17, 15) is 0 Å². The van der Waals surface area contributed by atoms with Crippen LogP contribution in [0.1, 0.15) is 0 Å². The van der Waals surface area contributed by atoms with Gasteiger partial charge in [0.2, 0.25) is 0 Å². The van der Waals surface area contributed by atoms with Crippen LogP contribution in [-0.2, 0) is 0 Å². The van der Waals surface area contributed by atoms with E-state index in [4.69, 9.17) is 5.73 Å². The van der Waals surface area contributed by atoms with Gasteiger partial charge in [0.15, 0.2) is 10.1 Å². The highest BCUT2D eigenvalue weighted by Gasteiger charge is 2.11. The quantitative estimate of drug-likeness (QED) is 0.621. The Morgan fingerprint density at radius 3 is 2.38 bits per heavy atom. The molecular weight excluding hydrogens is 348 g/mol. The van der Waals surface area contributed by atoms with Crippen molar-refractivity contribution in [3.63, 3.8) is 0 Å². The summed E-state index contributed by atoms with van der Waals surface area (Å²) in [6.07, 6.45) is 0. The van der Waals surface area contributed by atoms with E-state index in [1.807, 2.05) is 54.6 Å². The maximum absolute atomic E-state index is 5.81. The van der Waals surface area contributed by atoms with Crippen molar-refractivity contribution >= 4 is 43.1 Å². The summed E-state index contributed by atoms with van der Waals surface area (Å²) in [5, 5.41) is 9.70. The molecule has 3 rings (SSSR count). The van der Waals surface area contributed by atoms with Crippen LogP contribution in [0.5, 0.6) is 0 Å². The lowest BCUT2D eigenvalue weighted by Gasteiger charge is -1.98. The third-order valence-corrected chi connectivity index (χ3v) is 4.05. The highest BCUT2D eigenvalue weighted by Crippen LogP contribution is 2.38. The summed E-state index contributed by atoms with van der Waals surface area (Å²) in [6, 6.07) is 17.4. The van der Waals surface area contributed by atoms with Crippen LogP contribution < -0.4 is 5.73 Å². The Hall–Kier alpha value is -2.05. The van der Waals surface area contributed by atoms with E-state index in [1.54, 1.807) is 0 Å². The van der Waals surface area contributed by atoms with Gasteiger partial charge in [0.1, 0.15) is 5.69 Å². The van der Waals surface area contributed by atoms with Crippen molar-refractivity contribution in [2.24, 2.45) is 10.2 Å². The minimum absolute atomic E-state index is 0.481.